The maximum absolute atomic E-state index is 9.60. The summed E-state index contributed by atoms with van der Waals surface area (Å²) >= 11 is 0. The summed E-state index contributed by atoms with van der Waals surface area (Å²) in [5.41, 5.74) is 6.01. The first-order valence-corrected chi connectivity index (χ1v) is 8.71. The zero-order valence-electron chi connectivity index (χ0n) is 15.5. The fourth-order valence-electron chi connectivity index (χ4n) is 4.23. The van der Waals surface area contributed by atoms with Crippen LogP contribution in [0.5, 0.6) is 11.5 Å². The number of ether oxygens (including phenoxy) is 2. The number of methoxy groups -OCH3 is 2. The van der Waals surface area contributed by atoms with E-state index in [2.05, 4.69) is 16.7 Å². The third kappa shape index (κ3) is 2.26. The summed E-state index contributed by atoms with van der Waals surface area (Å²) in [7, 11) is 3.34. The van der Waals surface area contributed by atoms with E-state index in [0.717, 1.165) is 46.6 Å². The molecule has 0 radical (unpaired) electrons. The van der Waals surface area contributed by atoms with Gasteiger partial charge in [0.1, 0.15) is 11.7 Å². The SMILES string of the molecule is COc1ccc2c(c1OC)CCC2n1cc(C#N)c2c(C)cc(C)nc21. The second-order valence-electron chi connectivity index (χ2n) is 6.76. The van der Waals surface area contributed by atoms with Crippen LogP contribution in [0.2, 0.25) is 0 Å². The fraction of sp³-hybridized carbons (Fsp3) is 0.333. The smallest absolute Gasteiger partial charge is 0.164 e. The van der Waals surface area contributed by atoms with Gasteiger partial charge < -0.3 is 14.0 Å². The van der Waals surface area contributed by atoms with E-state index < -0.39 is 0 Å². The molecule has 5 heteroatoms. The summed E-state index contributed by atoms with van der Waals surface area (Å²) in [5.74, 6) is 1.57. The summed E-state index contributed by atoms with van der Waals surface area (Å²) in [6.07, 6.45) is 3.80. The van der Waals surface area contributed by atoms with Gasteiger partial charge in [-0.15, -0.1) is 0 Å². The van der Waals surface area contributed by atoms with Crippen molar-refractivity contribution >= 4 is 11.0 Å². The van der Waals surface area contributed by atoms with Crippen molar-refractivity contribution in [3.63, 3.8) is 0 Å². The first-order valence-electron chi connectivity index (χ1n) is 8.71. The summed E-state index contributed by atoms with van der Waals surface area (Å²) in [5, 5.41) is 10.6. The van der Waals surface area contributed by atoms with Crippen molar-refractivity contribution in [3.05, 3.63) is 52.3 Å². The minimum absolute atomic E-state index is 0.142. The normalized spacial score (nSPS) is 15.7. The van der Waals surface area contributed by atoms with E-state index in [4.69, 9.17) is 14.5 Å². The summed E-state index contributed by atoms with van der Waals surface area (Å²) in [4.78, 5) is 4.75. The van der Waals surface area contributed by atoms with Gasteiger partial charge in [0.25, 0.3) is 0 Å². The lowest BCUT2D eigenvalue weighted by atomic mass is 10.1. The molecule has 0 spiro atoms. The van der Waals surface area contributed by atoms with Crippen molar-refractivity contribution in [2.75, 3.05) is 14.2 Å². The van der Waals surface area contributed by atoms with E-state index in [1.807, 2.05) is 32.2 Å². The molecule has 26 heavy (non-hydrogen) atoms. The molecule has 3 aromatic rings. The van der Waals surface area contributed by atoms with Crippen LogP contribution in [-0.2, 0) is 6.42 Å². The monoisotopic (exact) mass is 347 g/mol. The van der Waals surface area contributed by atoms with E-state index in [9.17, 15) is 5.26 Å². The number of rotatable bonds is 3. The zero-order chi connectivity index (χ0) is 18.4. The Morgan fingerprint density at radius 2 is 2.04 bits per heavy atom. The largest absolute Gasteiger partial charge is 0.493 e. The number of aryl methyl sites for hydroxylation is 2. The number of hydrogen-bond acceptors (Lipinski definition) is 4. The second-order valence-corrected chi connectivity index (χ2v) is 6.76. The Labute approximate surface area is 152 Å². The van der Waals surface area contributed by atoms with E-state index >= 15 is 0 Å². The highest BCUT2D eigenvalue weighted by atomic mass is 16.5. The zero-order valence-corrected chi connectivity index (χ0v) is 15.5. The third-order valence-electron chi connectivity index (χ3n) is 5.28. The molecule has 0 fully saturated rings. The lowest BCUT2D eigenvalue weighted by molar-refractivity contribution is 0.352. The fourth-order valence-corrected chi connectivity index (χ4v) is 4.23. The van der Waals surface area contributed by atoms with Crippen LogP contribution in [0, 0.1) is 25.2 Å². The van der Waals surface area contributed by atoms with Crippen LogP contribution in [0.25, 0.3) is 11.0 Å². The minimum Gasteiger partial charge on any atom is -0.493 e. The van der Waals surface area contributed by atoms with Gasteiger partial charge in [-0.25, -0.2) is 4.98 Å². The summed E-state index contributed by atoms with van der Waals surface area (Å²) in [6, 6.07) is 8.57. The van der Waals surface area contributed by atoms with Crippen molar-refractivity contribution in [2.45, 2.75) is 32.7 Å². The van der Waals surface area contributed by atoms with Gasteiger partial charge in [-0.2, -0.15) is 5.26 Å². The average Bonchev–Trinajstić information content (AvgIpc) is 3.21. The number of hydrogen-bond donors (Lipinski definition) is 0. The van der Waals surface area contributed by atoms with Gasteiger partial charge in [0, 0.05) is 22.8 Å². The van der Waals surface area contributed by atoms with Crippen LogP contribution >= 0.6 is 0 Å². The maximum Gasteiger partial charge on any atom is 0.164 e. The van der Waals surface area contributed by atoms with Crippen LogP contribution in [0.1, 0.15) is 40.4 Å². The molecule has 2 heterocycles. The van der Waals surface area contributed by atoms with Crippen LogP contribution in [0.3, 0.4) is 0 Å². The molecule has 132 valence electrons. The van der Waals surface area contributed by atoms with Gasteiger partial charge in [-0.1, -0.05) is 6.07 Å². The van der Waals surface area contributed by atoms with Crippen molar-refractivity contribution in [2.24, 2.45) is 0 Å². The molecule has 0 saturated carbocycles. The van der Waals surface area contributed by atoms with Gasteiger partial charge in [0.2, 0.25) is 0 Å². The first kappa shape index (κ1) is 16.5. The van der Waals surface area contributed by atoms with Crippen LogP contribution in [-0.4, -0.2) is 23.8 Å². The van der Waals surface area contributed by atoms with E-state index in [0.29, 0.717) is 5.56 Å². The van der Waals surface area contributed by atoms with Crippen LogP contribution in [0.15, 0.2) is 24.4 Å². The van der Waals surface area contributed by atoms with Gasteiger partial charge in [-0.3, -0.25) is 0 Å². The number of aromatic nitrogens is 2. The number of benzene rings is 1. The number of fused-ring (bicyclic) bond motifs is 2. The van der Waals surface area contributed by atoms with Gasteiger partial charge >= 0.3 is 0 Å². The molecular weight excluding hydrogens is 326 g/mol. The molecule has 5 nitrogen and oxygen atoms in total. The second kappa shape index (κ2) is 6.06. The Balaban J connectivity index is 1.94. The number of pyridine rings is 1. The summed E-state index contributed by atoms with van der Waals surface area (Å²) < 4.78 is 13.2. The van der Waals surface area contributed by atoms with E-state index in [1.165, 1.54) is 11.1 Å². The minimum atomic E-state index is 0.142. The van der Waals surface area contributed by atoms with Gasteiger partial charge in [0.05, 0.1) is 25.8 Å². The van der Waals surface area contributed by atoms with Crippen molar-refractivity contribution in [3.8, 4) is 17.6 Å². The molecule has 0 saturated heterocycles. The molecule has 2 aromatic heterocycles. The average molecular weight is 347 g/mol. The highest BCUT2D eigenvalue weighted by Gasteiger charge is 2.30. The molecular formula is C21H21N3O2. The third-order valence-corrected chi connectivity index (χ3v) is 5.28. The lowest BCUT2D eigenvalue weighted by Crippen LogP contribution is -2.07. The van der Waals surface area contributed by atoms with Crippen LogP contribution in [0.4, 0.5) is 0 Å². The van der Waals surface area contributed by atoms with E-state index in [-0.39, 0.29) is 6.04 Å². The Kier molecular flexibility index (Phi) is 3.84. The van der Waals surface area contributed by atoms with Gasteiger partial charge in [-0.05, 0) is 49.9 Å². The van der Waals surface area contributed by atoms with Crippen LogP contribution < -0.4 is 9.47 Å². The molecule has 1 aliphatic rings. The standard InChI is InChI=1S/C21H21N3O2/c1-12-9-13(2)23-21-19(12)14(10-22)11-24(21)17-7-5-16-15(17)6-8-18(25-3)20(16)26-4/h6,8-9,11,17H,5,7H2,1-4H3. The number of nitrogens with zero attached hydrogens (tertiary/aromatic N) is 3. The Bertz CT molecular complexity index is 1060. The maximum atomic E-state index is 9.60. The molecule has 1 unspecified atom stereocenters. The highest BCUT2D eigenvalue weighted by Crippen LogP contribution is 2.45. The predicted octanol–water partition coefficient (Wildman–Crippen LogP) is 4.08. The van der Waals surface area contributed by atoms with Gasteiger partial charge in [0.15, 0.2) is 11.5 Å². The van der Waals surface area contributed by atoms with E-state index in [1.54, 1.807) is 14.2 Å². The highest BCUT2D eigenvalue weighted by molar-refractivity contribution is 5.87. The van der Waals surface area contributed by atoms with Crippen molar-refractivity contribution in [1.29, 1.82) is 5.26 Å². The molecule has 1 aliphatic carbocycles. The summed E-state index contributed by atoms with van der Waals surface area (Å²) in [6.45, 7) is 4.03. The quantitative estimate of drug-likeness (QED) is 0.716. The molecule has 1 atom stereocenters. The molecule has 0 aliphatic heterocycles. The van der Waals surface area contributed by atoms with Crippen molar-refractivity contribution < 1.29 is 9.47 Å². The molecule has 0 N–H and O–H groups in total. The Hall–Kier alpha value is -3.00. The Morgan fingerprint density at radius 1 is 1.23 bits per heavy atom. The molecule has 1 aromatic carbocycles. The molecule has 0 amide bonds. The molecule has 4 rings (SSSR count). The lowest BCUT2D eigenvalue weighted by Gasteiger charge is -2.17. The Morgan fingerprint density at radius 3 is 2.73 bits per heavy atom. The first-order chi connectivity index (χ1) is 12.6. The topological polar surface area (TPSA) is 60.1 Å². The number of nitriles is 1. The van der Waals surface area contributed by atoms with Crippen molar-refractivity contribution in [1.82, 2.24) is 9.55 Å². The predicted molar refractivity (Wildman–Crippen MR) is 99.9 cm³/mol. The molecule has 0 bridgehead atoms.